The topological polar surface area (TPSA) is 64.3 Å². The summed E-state index contributed by atoms with van der Waals surface area (Å²) in [6.07, 6.45) is 4.20. The fourth-order valence-corrected chi connectivity index (χ4v) is 2.23. The summed E-state index contributed by atoms with van der Waals surface area (Å²) in [6.45, 7) is 3.41. The van der Waals surface area contributed by atoms with Gasteiger partial charge in [-0.25, -0.2) is 0 Å². The summed E-state index contributed by atoms with van der Waals surface area (Å²) in [7, 11) is 1.68. The Hall–Kier alpha value is -0.610. The predicted molar refractivity (Wildman–Crippen MR) is 64.0 cm³/mol. The predicted octanol–water partition coefficient (Wildman–Crippen LogP) is 0.903. The van der Waals surface area contributed by atoms with Crippen LogP contribution >= 0.6 is 0 Å². The van der Waals surface area contributed by atoms with Crippen molar-refractivity contribution in [2.75, 3.05) is 20.3 Å². The van der Waals surface area contributed by atoms with Crippen molar-refractivity contribution in [1.29, 1.82) is 0 Å². The van der Waals surface area contributed by atoms with Crippen LogP contribution in [0.3, 0.4) is 0 Å². The van der Waals surface area contributed by atoms with Gasteiger partial charge < -0.3 is 15.8 Å². The van der Waals surface area contributed by atoms with Crippen molar-refractivity contribution in [3.8, 4) is 0 Å². The van der Waals surface area contributed by atoms with Gasteiger partial charge in [-0.2, -0.15) is 0 Å². The number of rotatable bonds is 5. The maximum atomic E-state index is 11.9. The van der Waals surface area contributed by atoms with E-state index >= 15 is 0 Å². The van der Waals surface area contributed by atoms with E-state index in [1.54, 1.807) is 7.11 Å². The molecule has 1 saturated carbocycles. The lowest BCUT2D eigenvalue weighted by Gasteiger charge is -2.27. The summed E-state index contributed by atoms with van der Waals surface area (Å²) >= 11 is 0. The largest absolute Gasteiger partial charge is 0.384 e. The van der Waals surface area contributed by atoms with E-state index in [0.717, 1.165) is 25.7 Å². The van der Waals surface area contributed by atoms with Crippen molar-refractivity contribution >= 4 is 5.91 Å². The monoisotopic (exact) mass is 228 g/mol. The second kappa shape index (κ2) is 6.86. The van der Waals surface area contributed by atoms with Gasteiger partial charge >= 0.3 is 0 Å². The Labute approximate surface area is 97.9 Å². The Bertz CT molecular complexity index is 221. The van der Waals surface area contributed by atoms with E-state index in [1.807, 2.05) is 0 Å². The molecule has 1 aliphatic rings. The zero-order chi connectivity index (χ0) is 12.0. The second-order valence-electron chi connectivity index (χ2n) is 4.86. The van der Waals surface area contributed by atoms with Crippen LogP contribution in [0.1, 0.15) is 32.6 Å². The average Bonchev–Trinajstić information content (AvgIpc) is 2.27. The molecule has 94 valence electrons. The molecule has 4 nitrogen and oxygen atoms in total. The maximum Gasteiger partial charge on any atom is 0.224 e. The van der Waals surface area contributed by atoms with Gasteiger partial charge in [0.1, 0.15) is 0 Å². The van der Waals surface area contributed by atoms with Crippen molar-refractivity contribution in [1.82, 2.24) is 5.32 Å². The summed E-state index contributed by atoms with van der Waals surface area (Å²) < 4.78 is 5.03. The Kier molecular flexibility index (Phi) is 5.77. The Balaban J connectivity index is 2.28. The minimum atomic E-state index is 0.0171. The molecule has 1 fully saturated rings. The van der Waals surface area contributed by atoms with Crippen LogP contribution in [-0.4, -0.2) is 32.2 Å². The SMILES string of the molecule is COCC(C)CNC(=O)C1CCCCC1N. The highest BCUT2D eigenvalue weighted by Gasteiger charge is 2.27. The van der Waals surface area contributed by atoms with E-state index in [4.69, 9.17) is 10.5 Å². The zero-order valence-corrected chi connectivity index (χ0v) is 10.4. The Morgan fingerprint density at radius 1 is 1.50 bits per heavy atom. The van der Waals surface area contributed by atoms with Crippen molar-refractivity contribution in [2.45, 2.75) is 38.6 Å². The second-order valence-corrected chi connectivity index (χ2v) is 4.86. The molecule has 0 aromatic carbocycles. The number of ether oxygens (including phenoxy) is 1. The van der Waals surface area contributed by atoms with Gasteiger partial charge in [0.25, 0.3) is 0 Å². The number of methoxy groups -OCH3 is 1. The molecule has 0 heterocycles. The third-order valence-electron chi connectivity index (χ3n) is 3.23. The Morgan fingerprint density at radius 2 is 2.19 bits per heavy atom. The quantitative estimate of drug-likeness (QED) is 0.735. The summed E-state index contributed by atoms with van der Waals surface area (Å²) in [5, 5.41) is 2.97. The van der Waals surface area contributed by atoms with E-state index in [9.17, 15) is 4.79 Å². The molecule has 3 unspecified atom stereocenters. The third-order valence-corrected chi connectivity index (χ3v) is 3.23. The molecule has 1 rings (SSSR count). The van der Waals surface area contributed by atoms with Gasteiger partial charge in [-0.1, -0.05) is 19.8 Å². The summed E-state index contributed by atoms with van der Waals surface area (Å²) in [5.74, 6) is 0.493. The summed E-state index contributed by atoms with van der Waals surface area (Å²) in [5.41, 5.74) is 5.96. The molecular formula is C12H24N2O2. The lowest BCUT2D eigenvalue weighted by Crippen LogP contribution is -2.44. The number of carbonyl (C=O) groups is 1. The first-order valence-corrected chi connectivity index (χ1v) is 6.17. The lowest BCUT2D eigenvalue weighted by atomic mass is 9.84. The number of amides is 1. The first-order chi connectivity index (χ1) is 7.65. The smallest absolute Gasteiger partial charge is 0.224 e. The summed E-state index contributed by atoms with van der Waals surface area (Å²) in [6, 6.07) is 0.0477. The molecule has 3 N–H and O–H groups in total. The normalized spacial score (nSPS) is 27.4. The van der Waals surface area contributed by atoms with Crippen LogP contribution in [0.2, 0.25) is 0 Å². The van der Waals surface area contributed by atoms with Crippen LogP contribution < -0.4 is 11.1 Å². The molecule has 16 heavy (non-hydrogen) atoms. The van der Waals surface area contributed by atoms with E-state index in [2.05, 4.69) is 12.2 Å². The van der Waals surface area contributed by atoms with Crippen LogP contribution in [0, 0.1) is 11.8 Å². The average molecular weight is 228 g/mol. The van der Waals surface area contributed by atoms with Gasteiger partial charge in [0, 0.05) is 19.7 Å². The molecule has 0 saturated heterocycles. The minimum absolute atomic E-state index is 0.0171. The molecule has 0 spiro atoms. The molecule has 4 heteroatoms. The highest BCUT2D eigenvalue weighted by atomic mass is 16.5. The van der Waals surface area contributed by atoms with E-state index < -0.39 is 0 Å². The third kappa shape index (κ3) is 4.10. The van der Waals surface area contributed by atoms with Gasteiger partial charge in [-0.15, -0.1) is 0 Å². The number of nitrogens with two attached hydrogens (primary N) is 1. The molecule has 0 aromatic rings. The Morgan fingerprint density at radius 3 is 2.81 bits per heavy atom. The molecule has 1 aliphatic carbocycles. The number of hydrogen-bond donors (Lipinski definition) is 2. The van der Waals surface area contributed by atoms with E-state index in [1.165, 1.54) is 0 Å². The first kappa shape index (κ1) is 13.5. The van der Waals surface area contributed by atoms with Crippen LogP contribution in [-0.2, 0) is 9.53 Å². The highest BCUT2D eigenvalue weighted by Crippen LogP contribution is 2.22. The van der Waals surface area contributed by atoms with Crippen LogP contribution in [0.5, 0.6) is 0 Å². The van der Waals surface area contributed by atoms with Crippen LogP contribution in [0.25, 0.3) is 0 Å². The fourth-order valence-electron chi connectivity index (χ4n) is 2.23. The van der Waals surface area contributed by atoms with Crippen molar-refractivity contribution in [3.63, 3.8) is 0 Å². The number of nitrogens with one attached hydrogen (secondary N) is 1. The molecule has 3 atom stereocenters. The lowest BCUT2D eigenvalue weighted by molar-refractivity contribution is -0.126. The van der Waals surface area contributed by atoms with Gasteiger partial charge in [-0.05, 0) is 18.8 Å². The number of carbonyl (C=O) groups excluding carboxylic acids is 1. The van der Waals surface area contributed by atoms with Crippen LogP contribution in [0.15, 0.2) is 0 Å². The zero-order valence-electron chi connectivity index (χ0n) is 10.4. The van der Waals surface area contributed by atoms with Gasteiger partial charge in [0.15, 0.2) is 0 Å². The number of hydrogen-bond acceptors (Lipinski definition) is 3. The van der Waals surface area contributed by atoms with Crippen molar-refractivity contribution in [2.24, 2.45) is 17.6 Å². The van der Waals surface area contributed by atoms with Gasteiger partial charge in [0.05, 0.1) is 12.5 Å². The summed E-state index contributed by atoms with van der Waals surface area (Å²) in [4.78, 5) is 11.9. The van der Waals surface area contributed by atoms with E-state index in [0.29, 0.717) is 19.1 Å². The molecule has 0 bridgehead atoms. The van der Waals surface area contributed by atoms with Crippen LogP contribution in [0.4, 0.5) is 0 Å². The molecule has 1 amide bonds. The van der Waals surface area contributed by atoms with Gasteiger partial charge in [-0.3, -0.25) is 4.79 Å². The first-order valence-electron chi connectivity index (χ1n) is 6.17. The molecule has 0 aliphatic heterocycles. The molecule has 0 radical (unpaired) electrons. The maximum absolute atomic E-state index is 11.9. The standard InChI is InChI=1S/C12H24N2O2/c1-9(8-16-2)7-14-12(15)10-5-3-4-6-11(10)13/h9-11H,3-8,13H2,1-2H3,(H,14,15). The molecule has 0 aromatic heterocycles. The molecular weight excluding hydrogens is 204 g/mol. The van der Waals surface area contributed by atoms with Gasteiger partial charge in [0.2, 0.25) is 5.91 Å². The minimum Gasteiger partial charge on any atom is -0.384 e. The fraction of sp³-hybridized carbons (Fsp3) is 0.917. The highest BCUT2D eigenvalue weighted by molar-refractivity contribution is 5.79. The van der Waals surface area contributed by atoms with E-state index in [-0.39, 0.29) is 17.9 Å². The van der Waals surface area contributed by atoms with Crippen molar-refractivity contribution < 1.29 is 9.53 Å². The van der Waals surface area contributed by atoms with Crippen molar-refractivity contribution in [3.05, 3.63) is 0 Å².